The third kappa shape index (κ3) is 3.58. The van der Waals surface area contributed by atoms with Gasteiger partial charge < -0.3 is 0 Å². The Hall–Kier alpha value is -0.920. The summed E-state index contributed by atoms with van der Waals surface area (Å²) < 4.78 is 0. The number of aryl methyl sites for hydroxylation is 1. The zero-order valence-corrected chi connectivity index (χ0v) is 10.5. The summed E-state index contributed by atoms with van der Waals surface area (Å²) in [7, 11) is 0. The van der Waals surface area contributed by atoms with Crippen molar-refractivity contribution in [3.63, 3.8) is 0 Å². The van der Waals surface area contributed by atoms with E-state index >= 15 is 0 Å². The van der Waals surface area contributed by atoms with Gasteiger partial charge in [0, 0.05) is 15.7 Å². The van der Waals surface area contributed by atoms with Crippen molar-refractivity contribution in [1.82, 2.24) is 0 Å². The molecule has 0 fully saturated rings. The van der Waals surface area contributed by atoms with E-state index in [4.69, 9.17) is 11.6 Å². The molecular weight excluding hydrogens is 236 g/mol. The third-order valence-corrected chi connectivity index (χ3v) is 3.58. The van der Waals surface area contributed by atoms with Crippen LogP contribution in [0.1, 0.15) is 5.56 Å². The Morgan fingerprint density at radius 2 is 1.56 bits per heavy atom. The predicted octanol–water partition coefficient (Wildman–Crippen LogP) is 4.67. The predicted molar refractivity (Wildman–Crippen MR) is 72.3 cm³/mol. The van der Waals surface area contributed by atoms with Crippen molar-refractivity contribution in [3.8, 4) is 0 Å². The van der Waals surface area contributed by atoms with E-state index in [2.05, 4.69) is 42.5 Å². The maximum atomic E-state index is 5.83. The first kappa shape index (κ1) is 11.6. The van der Waals surface area contributed by atoms with E-state index in [0.29, 0.717) is 0 Å². The Balaban J connectivity index is 1.82. The minimum atomic E-state index is 0.799. The molecule has 0 saturated heterocycles. The summed E-state index contributed by atoms with van der Waals surface area (Å²) in [6, 6.07) is 18.6. The monoisotopic (exact) mass is 248 g/mol. The van der Waals surface area contributed by atoms with Crippen molar-refractivity contribution in [2.45, 2.75) is 11.3 Å². The molecule has 2 heteroatoms. The average Bonchev–Trinajstić information content (AvgIpc) is 2.33. The van der Waals surface area contributed by atoms with E-state index in [1.165, 1.54) is 10.5 Å². The highest BCUT2D eigenvalue weighted by Gasteiger charge is 1.95. The fourth-order valence-electron chi connectivity index (χ4n) is 1.46. The lowest BCUT2D eigenvalue weighted by molar-refractivity contribution is 1.15. The smallest absolute Gasteiger partial charge is 0.0406 e. The molecule has 82 valence electrons. The lowest BCUT2D eigenvalue weighted by Gasteiger charge is -2.02. The molecule has 0 aromatic heterocycles. The number of hydrogen-bond acceptors (Lipinski definition) is 1. The van der Waals surface area contributed by atoms with Crippen LogP contribution in [0.25, 0.3) is 0 Å². The second-order valence-electron chi connectivity index (χ2n) is 3.54. The van der Waals surface area contributed by atoms with Crippen molar-refractivity contribution >= 4 is 23.4 Å². The molecule has 0 bridgehead atoms. The maximum absolute atomic E-state index is 5.83. The number of thioether (sulfide) groups is 1. The van der Waals surface area contributed by atoms with E-state index in [0.717, 1.165) is 17.2 Å². The highest BCUT2D eigenvalue weighted by molar-refractivity contribution is 7.99. The Bertz CT molecular complexity index is 422. The van der Waals surface area contributed by atoms with E-state index in [-0.39, 0.29) is 0 Å². The standard InChI is InChI=1S/C14H13ClS/c15-13-6-8-14(9-7-13)16-11-10-12-4-2-1-3-5-12/h1-9H,10-11H2. The molecule has 0 unspecified atom stereocenters. The van der Waals surface area contributed by atoms with Crippen molar-refractivity contribution in [3.05, 3.63) is 65.2 Å². The first-order chi connectivity index (χ1) is 7.84. The van der Waals surface area contributed by atoms with Gasteiger partial charge in [0.1, 0.15) is 0 Å². The SMILES string of the molecule is Clc1ccc(SCCc2ccccc2)cc1. The number of halogens is 1. The van der Waals surface area contributed by atoms with Crippen LogP contribution in [0.2, 0.25) is 5.02 Å². The molecule has 0 spiro atoms. The first-order valence-electron chi connectivity index (χ1n) is 5.27. The largest absolute Gasteiger partial charge is 0.126 e. The molecule has 0 aliphatic carbocycles. The van der Waals surface area contributed by atoms with Gasteiger partial charge >= 0.3 is 0 Å². The van der Waals surface area contributed by atoms with Crippen LogP contribution in [-0.4, -0.2) is 5.75 Å². The summed E-state index contributed by atoms with van der Waals surface area (Å²) in [4.78, 5) is 1.28. The van der Waals surface area contributed by atoms with Crippen molar-refractivity contribution in [2.24, 2.45) is 0 Å². The summed E-state index contributed by atoms with van der Waals surface area (Å²) in [5.74, 6) is 1.10. The molecule has 0 N–H and O–H groups in total. The quantitative estimate of drug-likeness (QED) is 0.709. The zero-order valence-electron chi connectivity index (χ0n) is 8.90. The Kier molecular flexibility index (Phi) is 4.32. The molecule has 0 aliphatic rings. The molecule has 0 aliphatic heterocycles. The highest BCUT2D eigenvalue weighted by atomic mass is 35.5. The minimum Gasteiger partial charge on any atom is -0.126 e. The normalized spacial score (nSPS) is 10.3. The number of hydrogen-bond donors (Lipinski definition) is 0. The number of benzene rings is 2. The summed E-state index contributed by atoms with van der Waals surface area (Å²) >= 11 is 7.70. The first-order valence-corrected chi connectivity index (χ1v) is 6.63. The van der Waals surface area contributed by atoms with Crippen molar-refractivity contribution < 1.29 is 0 Å². The molecule has 0 atom stereocenters. The molecule has 0 nitrogen and oxygen atoms in total. The average molecular weight is 249 g/mol. The Morgan fingerprint density at radius 3 is 2.25 bits per heavy atom. The second-order valence-corrected chi connectivity index (χ2v) is 5.14. The van der Waals surface area contributed by atoms with Gasteiger partial charge in [-0.15, -0.1) is 11.8 Å². The number of rotatable bonds is 4. The van der Waals surface area contributed by atoms with E-state index in [1.807, 2.05) is 23.9 Å². The molecule has 2 rings (SSSR count). The van der Waals surface area contributed by atoms with Gasteiger partial charge in [-0.2, -0.15) is 0 Å². The van der Waals surface area contributed by atoms with E-state index < -0.39 is 0 Å². The van der Waals surface area contributed by atoms with Crippen LogP contribution in [0.3, 0.4) is 0 Å². The molecule has 0 radical (unpaired) electrons. The Labute approximate surface area is 106 Å². The van der Waals surface area contributed by atoms with Gasteiger partial charge in [0.2, 0.25) is 0 Å². The molecule has 16 heavy (non-hydrogen) atoms. The highest BCUT2D eigenvalue weighted by Crippen LogP contribution is 2.21. The van der Waals surface area contributed by atoms with Crippen LogP contribution in [0, 0.1) is 0 Å². The summed E-state index contributed by atoms with van der Waals surface area (Å²) in [6.07, 6.45) is 1.11. The fraction of sp³-hybridized carbons (Fsp3) is 0.143. The van der Waals surface area contributed by atoms with Crippen LogP contribution in [0.4, 0.5) is 0 Å². The van der Waals surface area contributed by atoms with Gasteiger partial charge in [-0.05, 0) is 36.2 Å². The van der Waals surface area contributed by atoms with Crippen LogP contribution in [0.15, 0.2) is 59.5 Å². The van der Waals surface area contributed by atoms with Crippen LogP contribution in [0.5, 0.6) is 0 Å². The van der Waals surface area contributed by atoms with Gasteiger partial charge in [-0.3, -0.25) is 0 Å². The van der Waals surface area contributed by atoms with Crippen LogP contribution in [-0.2, 0) is 6.42 Å². The van der Waals surface area contributed by atoms with Crippen molar-refractivity contribution in [1.29, 1.82) is 0 Å². The second kappa shape index (κ2) is 5.97. The Morgan fingerprint density at radius 1 is 0.875 bits per heavy atom. The lowest BCUT2D eigenvalue weighted by atomic mass is 10.2. The van der Waals surface area contributed by atoms with Gasteiger partial charge in [0.05, 0.1) is 0 Å². The molecule has 0 heterocycles. The fourth-order valence-corrected chi connectivity index (χ4v) is 2.49. The topological polar surface area (TPSA) is 0 Å². The lowest BCUT2D eigenvalue weighted by Crippen LogP contribution is -1.87. The van der Waals surface area contributed by atoms with Crippen LogP contribution < -0.4 is 0 Å². The van der Waals surface area contributed by atoms with Gasteiger partial charge in [-0.25, -0.2) is 0 Å². The molecular formula is C14H13ClS. The minimum absolute atomic E-state index is 0.799. The van der Waals surface area contributed by atoms with Gasteiger partial charge in [0.15, 0.2) is 0 Å². The molecule has 2 aromatic carbocycles. The van der Waals surface area contributed by atoms with Gasteiger partial charge in [0.25, 0.3) is 0 Å². The molecule has 0 saturated carbocycles. The maximum Gasteiger partial charge on any atom is 0.0406 e. The van der Waals surface area contributed by atoms with E-state index in [9.17, 15) is 0 Å². The summed E-state index contributed by atoms with van der Waals surface area (Å²) in [6.45, 7) is 0. The molecule has 0 amide bonds. The zero-order chi connectivity index (χ0) is 11.2. The van der Waals surface area contributed by atoms with Crippen molar-refractivity contribution in [2.75, 3.05) is 5.75 Å². The third-order valence-electron chi connectivity index (χ3n) is 2.32. The van der Waals surface area contributed by atoms with E-state index in [1.54, 1.807) is 0 Å². The van der Waals surface area contributed by atoms with Crippen LogP contribution >= 0.6 is 23.4 Å². The summed E-state index contributed by atoms with van der Waals surface area (Å²) in [5.41, 5.74) is 1.39. The van der Waals surface area contributed by atoms with Gasteiger partial charge in [-0.1, -0.05) is 41.9 Å². The molecule has 2 aromatic rings. The summed E-state index contributed by atoms with van der Waals surface area (Å²) in [5, 5.41) is 0.799.